The van der Waals surface area contributed by atoms with E-state index in [9.17, 15) is 4.79 Å². The van der Waals surface area contributed by atoms with Gasteiger partial charge in [0, 0.05) is 19.1 Å². The van der Waals surface area contributed by atoms with E-state index in [1.165, 1.54) is 0 Å². The summed E-state index contributed by atoms with van der Waals surface area (Å²) in [6, 6.07) is 9.48. The van der Waals surface area contributed by atoms with Crippen LogP contribution in [0.25, 0.3) is 0 Å². The van der Waals surface area contributed by atoms with Crippen molar-refractivity contribution in [3.8, 4) is 0 Å². The first-order valence-corrected chi connectivity index (χ1v) is 7.15. The first-order chi connectivity index (χ1) is 10.7. The zero-order valence-corrected chi connectivity index (χ0v) is 12.5. The number of urea groups is 1. The fourth-order valence-electron chi connectivity index (χ4n) is 2.11. The number of aromatic nitrogens is 2. The van der Waals surface area contributed by atoms with Crippen molar-refractivity contribution in [2.24, 2.45) is 0 Å². The lowest BCUT2D eigenvalue weighted by atomic mass is 9.96. The minimum atomic E-state index is -0.310. The van der Waals surface area contributed by atoms with Gasteiger partial charge in [0.1, 0.15) is 0 Å². The zero-order valence-electron chi connectivity index (χ0n) is 12.5. The van der Waals surface area contributed by atoms with Gasteiger partial charge >= 0.3 is 6.03 Å². The van der Waals surface area contributed by atoms with Crippen molar-refractivity contribution in [1.29, 1.82) is 0 Å². The summed E-state index contributed by atoms with van der Waals surface area (Å²) in [5, 5.41) is 18.3. The zero-order chi connectivity index (χ0) is 15.8. The average Bonchev–Trinajstić information content (AvgIpc) is 2.96. The van der Waals surface area contributed by atoms with Crippen LogP contribution in [0.3, 0.4) is 0 Å². The number of aliphatic hydroxyl groups is 1. The number of carbonyl (C=O) groups is 1. The van der Waals surface area contributed by atoms with E-state index in [0.29, 0.717) is 24.7 Å². The van der Waals surface area contributed by atoms with Crippen LogP contribution < -0.4 is 10.6 Å². The topological polar surface area (TPSA) is 100 Å². The van der Waals surface area contributed by atoms with E-state index < -0.39 is 0 Å². The summed E-state index contributed by atoms with van der Waals surface area (Å²) in [6.07, 6.45) is 0.590. The molecule has 0 saturated heterocycles. The molecular weight excluding hydrogens is 284 g/mol. The van der Waals surface area contributed by atoms with Crippen molar-refractivity contribution < 1.29 is 14.4 Å². The van der Waals surface area contributed by atoms with Crippen LogP contribution in [-0.2, 0) is 6.54 Å². The number of aliphatic hydroxyl groups excluding tert-OH is 1. The van der Waals surface area contributed by atoms with Crippen molar-refractivity contribution in [3.63, 3.8) is 0 Å². The van der Waals surface area contributed by atoms with Gasteiger partial charge in [-0.25, -0.2) is 4.79 Å². The van der Waals surface area contributed by atoms with Gasteiger partial charge in [0.2, 0.25) is 5.89 Å². The fourth-order valence-corrected chi connectivity index (χ4v) is 2.11. The number of carbonyl (C=O) groups excluding carboxylic acids is 1. The molecule has 3 N–H and O–H groups in total. The van der Waals surface area contributed by atoms with E-state index in [1.807, 2.05) is 30.3 Å². The average molecular weight is 304 g/mol. The van der Waals surface area contributed by atoms with Gasteiger partial charge in [0.05, 0.1) is 6.54 Å². The van der Waals surface area contributed by atoms with Gasteiger partial charge in [0.15, 0.2) is 5.82 Å². The molecule has 0 fully saturated rings. The van der Waals surface area contributed by atoms with Crippen LogP contribution in [-0.4, -0.2) is 34.4 Å². The second-order valence-corrected chi connectivity index (χ2v) is 4.92. The summed E-state index contributed by atoms with van der Waals surface area (Å²) < 4.78 is 4.91. The van der Waals surface area contributed by atoms with Gasteiger partial charge in [-0.1, -0.05) is 35.5 Å². The molecule has 1 heterocycles. The number of nitrogens with zero attached hydrogens (tertiary/aromatic N) is 2. The van der Waals surface area contributed by atoms with Gasteiger partial charge in [-0.15, -0.1) is 0 Å². The van der Waals surface area contributed by atoms with E-state index >= 15 is 0 Å². The molecule has 2 amide bonds. The smallest absolute Gasteiger partial charge is 0.315 e. The Morgan fingerprint density at radius 2 is 2.09 bits per heavy atom. The van der Waals surface area contributed by atoms with Crippen molar-refractivity contribution in [1.82, 2.24) is 20.8 Å². The molecule has 2 rings (SSSR count). The number of amides is 2. The molecule has 0 aliphatic rings. The van der Waals surface area contributed by atoms with E-state index in [1.54, 1.807) is 6.92 Å². The van der Waals surface area contributed by atoms with E-state index in [2.05, 4.69) is 20.8 Å². The van der Waals surface area contributed by atoms with Crippen LogP contribution in [0.1, 0.15) is 29.6 Å². The maximum absolute atomic E-state index is 11.8. The Kier molecular flexibility index (Phi) is 5.91. The lowest BCUT2D eigenvalue weighted by Gasteiger charge is -2.17. The first-order valence-electron chi connectivity index (χ1n) is 7.15. The molecule has 1 atom stereocenters. The lowest BCUT2D eigenvalue weighted by molar-refractivity contribution is 0.235. The molecule has 1 aromatic heterocycles. The Balaban J connectivity index is 1.80. The normalized spacial score (nSPS) is 11.9. The Bertz CT molecular complexity index is 585. The van der Waals surface area contributed by atoms with Crippen LogP contribution in [0, 0.1) is 6.92 Å². The number of hydrogen-bond donors (Lipinski definition) is 3. The first kappa shape index (κ1) is 16.0. The van der Waals surface area contributed by atoms with E-state index in [-0.39, 0.29) is 25.1 Å². The predicted octanol–water partition coefficient (Wildman–Crippen LogP) is 1.34. The van der Waals surface area contributed by atoms with Crippen molar-refractivity contribution in [2.45, 2.75) is 25.8 Å². The quantitative estimate of drug-likeness (QED) is 0.717. The molecular formula is C15H20N4O3. The van der Waals surface area contributed by atoms with Crippen LogP contribution in [0.5, 0.6) is 0 Å². The number of benzene rings is 1. The minimum absolute atomic E-state index is 0.0719. The summed E-state index contributed by atoms with van der Waals surface area (Å²) in [7, 11) is 0. The predicted molar refractivity (Wildman–Crippen MR) is 80.2 cm³/mol. The van der Waals surface area contributed by atoms with Gasteiger partial charge in [0.25, 0.3) is 0 Å². The Morgan fingerprint density at radius 3 is 2.73 bits per heavy atom. The standard InChI is InChI=1S/C15H20N4O3/c1-11-18-14(22-19-11)10-17-15(21)16-9-13(7-8-20)12-5-3-2-4-6-12/h2-6,13,20H,7-10H2,1H3,(H2,16,17,21). The van der Waals surface area contributed by atoms with Crippen molar-refractivity contribution in [3.05, 3.63) is 47.6 Å². The third-order valence-corrected chi connectivity index (χ3v) is 3.23. The molecule has 2 aromatic rings. The third kappa shape index (κ3) is 4.85. The molecule has 7 nitrogen and oxygen atoms in total. The molecule has 118 valence electrons. The maximum atomic E-state index is 11.8. The van der Waals surface area contributed by atoms with Gasteiger partial charge in [-0.05, 0) is 18.9 Å². The number of rotatable bonds is 7. The molecule has 0 spiro atoms. The molecule has 7 heteroatoms. The van der Waals surface area contributed by atoms with Gasteiger partial charge in [-0.2, -0.15) is 4.98 Å². The molecule has 0 aliphatic heterocycles. The highest BCUT2D eigenvalue weighted by Gasteiger charge is 2.12. The monoisotopic (exact) mass is 304 g/mol. The Hall–Kier alpha value is -2.41. The Labute approximate surface area is 128 Å². The van der Waals surface area contributed by atoms with Crippen LogP contribution in [0.15, 0.2) is 34.9 Å². The molecule has 0 bridgehead atoms. The van der Waals surface area contributed by atoms with Crippen LogP contribution in [0.2, 0.25) is 0 Å². The number of aryl methyl sites for hydroxylation is 1. The molecule has 1 unspecified atom stereocenters. The van der Waals surface area contributed by atoms with Crippen LogP contribution >= 0.6 is 0 Å². The summed E-state index contributed by atoms with van der Waals surface area (Å²) in [5.41, 5.74) is 1.09. The SMILES string of the molecule is Cc1noc(CNC(=O)NCC(CCO)c2ccccc2)n1. The summed E-state index contributed by atoms with van der Waals surface area (Å²) in [6.45, 7) is 2.42. The highest BCUT2D eigenvalue weighted by atomic mass is 16.5. The van der Waals surface area contributed by atoms with E-state index in [0.717, 1.165) is 5.56 Å². The van der Waals surface area contributed by atoms with Gasteiger partial charge in [-0.3, -0.25) is 0 Å². The number of hydrogen-bond acceptors (Lipinski definition) is 5. The lowest BCUT2D eigenvalue weighted by Crippen LogP contribution is -2.37. The molecule has 1 aromatic carbocycles. The highest BCUT2D eigenvalue weighted by molar-refractivity contribution is 5.73. The maximum Gasteiger partial charge on any atom is 0.315 e. The summed E-state index contributed by atoms with van der Waals surface area (Å²) in [5.74, 6) is 0.967. The van der Waals surface area contributed by atoms with E-state index in [4.69, 9.17) is 9.63 Å². The third-order valence-electron chi connectivity index (χ3n) is 3.23. The minimum Gasteiger partial charge on any atom is -0.396 e. The highest BCUT2D eigenvalue weighted by Crippen LogP contribution is 2.17. The molecule has 22 heavy (non-hydrogen) atoms. The molecule has 0 saturated carbocycles. The summed E-state index contributed by atoms with van der Waals surface area (Å²) in [4.78, 5) is 15.8. The van der Waals surface area contributed by atoms with Gasteiger partial charge < -0.3 is 20.3 Å². The van der Waals surface area contributed by atoms with Crippen molar-refractivity contribution >= 4 is 6.03 Å². The molecule has 0 aliphatic carbocycles. The summed E-state index contributed by atoms with van der Waals surface area (Å²) >= 11 is 0. The molecule has 0 radical (unpaired) electrons. The second-order valence-electron chi connectivity index (χ2n) is 4.92. The second kappa shape index (κ2) is 8.14. The number of nitrogens with one attached hydrogen (secondary N) is 2. The van der Waals surface area contributed by atoms with Crippen LogP contribution in [0.4, 0.5) is 4.79 Å². The van der Waals surface area contributed by atoms with Crippen molar-refractivity contribution in [2.75, 3.05) is 13.2 Å². The fraction of sp³-hybridized carbons (Fsp3) is 0.400. The largest absolute Gasteiger partial charge is 0.396 e. The Morgan fingerprint density at radius 1 is 1.32 bits per heavy atom.